The summed E-state index contributed by atoms with van der Waals surface area (Å²) in [5.74, 6) is -0.157. The number of carbonyl (C=O) groups excluding carboxylic acids is 1. The molecule has 1 fully saturated rings. The molecule has 0 aliphatic carbocycles. The van der Waals surface area contributed by atoms with E-state index in [9.17, 15) is 9.18 Å². The standard InChI is InChI=1S/C11H10Cl2FNO2/c12-4-5-15-6-9(17-11(15)16)10-7(13)2-1-3-8(10)14/h1-3,9H,4-6H2. The van der Waals surface area contributed by atoms with Gasteiger partial charge in [-0.15, -0.1) is 11.6 Å². The third-order valence-corrected chi connectivity index (χ3v) is 3.06. The monoisotopic (exact) mass is 277 g/mol. The summed E-state index contributed by atoms with van der Waals surface area (Å²) < 4.78 is 18.7. The van der Waals surface area contributed by atoms with Crippen LogP contribution in [0.1, 0.15) is 11.7 Å². The molecule has 2 rings (SSSR count). The first kappa shape index (κ1) is 12.5. The number of amides is 1. The van der Waals surface area contributed by atoms with Gasteiger partial charge >= 0.3 is 6.09 Å². The van der Waals surface area contributed by atoms with E-state index in [0.29, 0.717) is 12.4 Å². The van der Waals surface area contributed by atoms with Crippen LogP contribution >= 0.6 is 23.2 Å². The van der Waals surface area contributed by atoms with Crippen molar-refractivity contribution in [2.45, 2.75) is 6.10 Å². The van der Waals surface area contributed by atoms with Gasteiger partial charge in [-0.3, -0.25) is 0 Å². The largest absolute Gasteiger partial charge is 0.439 e. The molecule has 1 saturated heterocycles. The van der Waals surface area contributed by atoms with Gasteiger partial charge in [0.15, 0.2) is 6.10 Å². The van der Waals surface area contributed by atoms with E-state index in [1.807, 2.05) is 0 Å². The van der Waals surface area contributed by atoms with Crippen LogP contribution in [0.15, 0.2) is 18.2 Å². The number of carbonyl (C=O) groups is 1. The van der Waals surface area contributed by atoms with Gasteiger partial charge in [0.25, 0.3) is 0 Å². The van der Waals surface area contributed by atoms with E-state index in [1.54, 1.807) is 6.07 Å². The summed E-state index contributed by atoms with van der Waals surface area (Å²) in [4.78, 5) is 12.9. The SMILES string of the molecule is O=C1OC(c2c(F)cccc2Cl)CN1CCCl. The van der Waals surface area contributed by atoms with Gasteiger partial charge in [-0.25, -0.2) is 9.18 Å². The topological polar surface area (TPSA) is 29.5 Å². The number of rotatable bonds is 3. The van der Waals surface area contributed by atoms with Crippen molar-refractivity contribution in [1.82, 2.24) is 4.90 Å². The molecule has 17 heavy (non-hydrogen) atoms. The molecule has 0 N–H and O–H groups in total. The number of halogens is 3. The van der Waals surface area contributed by atoms with E-state index in [4.69, 9.17) is 27.9 Å². The summed E-state index contributed by atoms with van der Waals surface area (Å²) in [5, 5.41) is 0.260. The molecule has 0 saturated carbocycles. The fourth-order valence-electron chi connectivity index (χ4n) is 1.76. The van der Waals surface area contributed by atoms with Crippen molar-refractivity contribution in [3.05, 3.63) is 34.6 Å². The Morgan fingerprint density at radius 2 is 2.29 bits per heavy atom. The minimum absolute atomic E-state index is 0.222. The molecule has 0 radical (unpaired) electrons. The van der Waals surface area contributed by atoms with Crippen LogP contribution in [-0.4, -0.2) is 30.0 Å². The van der Waals surface area contributed by atoms with Gasteiger partial charge in [-0.05, 0) is 12.1 Å². The maximum Gasteiger partial charge on any atom is 0.410 e. The average Bonchev–Trinajstić information content (AvgIpc) is 2.60. The van der Waals surface area contributed by atoms with Crippen molar-refractivity contribution in [3.63, 3.8) is 0 Å². The molecule has 1 unspecified atom stereocenters. The molecular weight excluding hydrogens is 268 g/mol. The summed E-state index contributed by atoms with van der Waals surface area (Å²) in [7, 11) is 0. The highest BCUT2D eigenvalue weighted by atomic mass is 35.5. The lowest BCUT2D eigenvalue weighted by Gasteiger charge is -2.12. The molecule has 1 atom stereocenters. The molecule has 0 bridgehead atoms. The van der Waals surface area contributed by atoms with E-state index in [2.05, 4.69) is 0 Å². The van der Waals surface area contributed by atoms with Crippen molar-refractivity contribution in [1.29, 1.82) is 0 Å². The maximum atomic E-state index is 13.6. The van der Waals surface area contributed by atoms with Crippen LogP contribution < -0.4 is 0 Å². The minimum Gasteiger partial charge on any atom is -0.439 e. The molecule has 1 heterocycles. The van der Waals surface area contributed by atoms with Crippen molar-refractivity contribution in [2.24, 2.45) is 0 Å². The summed E-state index contributed by atoms with van der Waals surface area (Å²) in [6, 6.07) is 4.37. The smallest absolute Gasteiger partial charge is 0.410 e. The normalized spacial score (nSPS) is 19.6. The fraction of sp³-hybridized carbons (Fsp3) is 0.364. The number of benzene rings is 1. The van der Waals surface area contributed by atoms with Crippen LogP contribution in [-0.2, 0) is 4.74 Å². The lowest BCUT2D eigenvalue weighted by atomic mass is 10.1. The van der Waals surface area contributed by atoms with E-state index < -0.39 is 18.0 Å². The van der Waals surface area contributed by atoms with Crippen molar-refractivity contribution in [3.8, 4) is 0 Å². The number of nitrogens with zero attached hydrogens (tertiary/aromatic N) is 1. The molecule has 1 aromatic rings. The van der Waals surface area contributed by atoms with Gasteiger partial charge in [-0.1, -0.05) is 17.7 Å². The lowest BCUT2D eigenvalue weighted by molar-refractivity contribution is 0.132. The molecule has 1 aromatic carbocycles. The van der Waals surface area contributed by atoms with Gasteiger partial charge in [0, 0.05) is 18.0 Å². The van der Waals surface area contributed by atoms with Gasteiger partial charge in [0.05, 0.1) is 11.6 Å². The van der Waals surface area contributed by atoms with Crippen molar-refractivity contribution >= 4 is 29.3 Å². The Morgan fingerprint density at radius 1 is 1.53 bits per heavy atom. The quantitative estimate of drug-likeness (QED) is 0.794. The molecule has 92 valence electrons. The summed E-state index contributed by atoms with van der Waals surface area (Å²) >= 11 is 11.5. The molecule has 1 aliphatic heterocycles. The summed E-state index contributed by atoms with van der Waals surface area (Å²) in [5.41, 5.74) is 0.222. The Kier molecular flexibility index (Phi) is 3.74. The Balaban J connectivity index is 2.22. The fourth-order valence-corrected chi connectivity index (χ4v) is 2.25. The zero-order chi connectivity index (χ0) is 12.4. The number of cyclic esters (lactones) is 1. The first-order valence-electron chi connectivity index (χ1n) is 5.09. The highest BCUT2D eigenvalue weighted by molar-refractivity contribution is 6.31. The molecule has 0 aromatic heterocycles. The second-order valence-corrected chi connectivity index (χ2v) is 4.43. The molecule has 3 nitrogen and oxygen atoms in total. The minimum atomic E-state index is -0.667. The molecule has 0 spiro atoms. The van der Waals surface area contributed by atoms with Crippen molar-refractivity contribution in [2.75, 3.05) is 19.0 Å². The van der Waals surface area contributed by atoms with Crippen LogP contribution in [0.2, 0.25) is 5.02 Å². The first-order chi connectivity index (χ1) is 8.13. The molecular formula is C11H10Cl2FNO2. The van der Waals surface area contributed by atoms with E-state index in [1.165, 1.54) is 17.0 Å². The number of hydrogen-bond acceptors (Lipinski definition) is 2. The lowest BCUT2D eigenvalue weighted by Crippen LogP contribution is -2.26. The van der Waals surface area contributed by atoms with Gasteiger partial charge in [0.1, 0.15) is 5.82 Å². The zero-order valence-corrected chi connectivity index (χ0v) is 10.3. The molecule has 6 heteroatoms. The second-order valence-electron chi connectivity index (χ2n) is 3.64. The van der Waals surface area contributed by atoms with E-state index >= 15 is 0 Å². The highest BCUT2D eigenvalue weighted by Crippen LogP contribution is 2.32. The van der Waals surface area contributed by atoms with Crippen molar-refractivity contribution < 1.29 is 13.9 Å². The van der Waals surface area contributed by atoms with E-state index in [-0.39, 0.29) is 17.1 Å². The van der Waals surface area contributed by atoms with Gasteiger partial charge in [-0.2, -0.15) is 0 Å². The third kappa shape index (κ3) is 2.48. The predicted molar refractivity (Wildman–Crippen MR) is 62.9 cm³/mol. The Morgan fingerprint density at radius 3 is 2.94 bits per heavy atom. The number of alkyl halides is 1. The third-order valence-electron chi connectivity index (χ3n) is 2.56. The number of hydrogen-bond donors (Lipinski definition) is 0. The first-order valence-corrected chi connectivity index (χ1v) is 6.00. The van der Waals surface area contributed by atoms with Gasteiger partial charge in [0.2, 0.25) is 0 Å². The average molecular weight is 278 g/mol. The van der Waals surface area contributed by atoms with E-state index in [0.717, 1.165) is 0 Å². The number of ether oxygens (including phenoxy) is 1. The van der Waals surface area contributed by atoms with Crippen LogP contribution in [0.5, 0.6) is 0 Å². The van der Waals surface area contributed by atoms with Crippen LogP contribution in [0.4, 0.5) is 9.18 Å². The second kappa shape index (κ2) is 5.10. The Hall–Kier alpha value is -1.000. The summed E-state index contributed by atoms with van der Waals surface area (Å²) in [6.07, 6.45) is -1.16. The van der Waals surface area contributed by atoms with Gasteiger partial charge < -0.3 is 9.64 Å². The molecule has 1 amide bonds. The van der Waals surface area contributed by atoms with Crippen LogP contribution in [0.3, 0.4) is 0 Å². The highest BCUT2D eigenvalue weighted by Gasteiger charge is 2.34. The molecule has 1 aliphatic rings. The Labute approximate surface area is 108 Å². The Bertz CT molecular complexity index is 421. The maximum absolute atomic E-state index is 13.6. The summed E-state index contributed by atoms with van der Waals surface area (Å²) in [6.45, 7) is 0.648. The predicted octanol–water partition coefficient (Wildman–Crippen LogP) is 3.21. The van der Waals surface area contributed by atoms with Crippen LogP contribution in [0.25, 0.3) is 0 Å². The van der Waals surface area contributed by atoms with Crippen LogP contribution in [0, 0.1) is 5.82 Å². The zero-order valence-electron chi connectivity index (χ0n) is 8.83.